The van der Waals surface area contributed by atoms with E-state index in [4.69, 9.17) is 0 Å². The fraction of sp³-hybridized carbons (Fsp3) is 0.125. The number of phenolic OH excluding ortho intramolecular Hbond substituents is 1. The Morgan fingerprint density at radius 2 is 2.31 bits per heavy atom. The van der Waals surface area contributed by atoms with Gasteiger partial charge in [0.25, 0.3) is 0 Å². The number of benzene rings is 1. The van der Waals surface area contributed by atoms with E-state index in [1.54, 1.807) is 12.1 Å². The van der Waals surface area contributed by atoms with Gasteiger partial charge >= 0.3 is 5.97 Å². The summed E-state index contributed by atoms with van der Waals surface area (Å²) in [6, 6.07) is 4.91. The van der Waals surface area contributed by atoms with Crippen LogP contribution in [0.5, 0.6) is 5.75 Å². The molecular formula is C8H6IO3Si. The van der Waals surface area contributed by atoms with Crippen LogP contribution in [0.3, 0.4) is 0 Å². The molecule has 0 aliphatic heterocycles. The molecule has 0 saturated carbocycles. The number of carbonyl (C=O) groups is 1. The van der Waals surface area contributed by atoms with Crippen LogP contribution >= 0.6 is 22.6 Å². The molecule has 3 radical (unpaired) electrons. The number of hydrogen-bond donors (Lipinski definition) is 1. The van der Waals surface area contributed by atoms with Crippen molar-refractivity contribution in [1.29, 1.82) is 0 Å². The van der Waals surface area contributed by atoms with E-state index < -0.39 is 5.97 Å². The molecule has 1 N–H and O–H groups in total. The predicted octanol–water partition coefficient (Wildman–Crippen LogP) is 1.28. The van der Waals surface area contributed by atoms with Crippen molar-refractivity contribution in [1.82, 2.24) is 0 Å². The van der Waals surface area contributed by atoms with Crippen LogP contribution in [0.15, 0.2) is 18.2 Å². The van der Waals surface area contributed by atoms with E-state index in [2.05, 4.69) is 15.0 Å². The highest BCUT2D eigenvalue weighted by molar-refractivity contribution is 14.1. The fourth-order valence-corrected chi connectivity index (χ4v) is 1.45. The minimum Gasteiger partial charge on any atom is -0.506 e. The second-order valence-corrected chi connectivity index (χ2v) is 3.66. The Hall–Kier alpha value is -0.563. The lowest BCUT2D eigenvalue weighted by atomic mass is 10.2. The summed E-state index contributed by atoms with van der Waals surface area (Å²) in [7, 11) is 3.01. The molecular weight excluding hydrogens is 299 g/mol. The van der Waals surface area contributed by atoms with Crippen molar-refractivity contribution in [3.63, 3.8) is 0 Å². The van der Waals surface area contributed by atoms with Gasteiger partial charge in [-0.3, -0.25) is 0 Å². The van der Waals surface area contributed by atoms with E-state index in [-0.39, 0.29) is 17.5 Å². The van der Waals surface area contributed by atoms with Gasteiger partial charge in [0, 0.05) is 0 Å². The SMILES string of the molecule is O=C(OC[Si])c1cccc(I)c1O. The molecule has 0 unspecified atom stereocenters. The number of carbonyl (C=O) groups excluding carboxylic acids is 1. The highest BCUT2D eigenvalue weighted by Crippen LogP contribution is 2.24. The summed E-state index contributed by atoms with van der Waals surface area (Å²) in [5.74, 6) is -0.570. The van der Waals surface area contributed by atoms with Gasteiger partial charge in [0.05, 0.1) is 20.0 Å². The smallest absolute Gasteiger partial charge is 0.341 e. The summed E-state index contributed by atoms with van der Waals surface area (Å²) in [4.78, 5) is 11.2. The molecule has 0 aliphatic rings. The molecule has 3 nitrogen and oxygen atoms in total. The Morgan fingerprint density at radius 1 is 1.62 bits per heavy atom. The summed E-state index contributed by atoms with van der Waals surface area (Å²) in [5.41, 5.74) is 0.185. The average molecular weight is 305 g/mol. The first-order valence-electron chi connectivity index (χ1n) is 3.46. The molecule has 67 valence electrons. The molecule has 0 bridgehead atoms. The molecule has 5 heteroatoms. The zero-order valence-corrected chi connectivity index (χ0v) is 9.74. The number of hydrogen-bond acceptors (Lipinski definition) is 3. The Balaban J connectivity index is 3.01. The van der Waals surface area contributed by atoms with Gasteiger partial charge in [0.15, 0.2) is 0 Å². The standard InChI is InChI=1S/C8H6IO3Si/c9-6-3-1-2-5(7(6)10)8(11)12-4-13/h1-3,10H,4H2. The number of ether oxygens (including phenoxy) is 1. The van der Waals surface area contributed by atoms with Gasteiger partial charge in [-0.2, -0.15) is 0 Å². The lowest BCUT2D eigenvalue weighted by Crippen LogP contribution is -2.06. The van der Waals surface area contributed by atoms with Crippen LogP contribution in [0.25, 0.3) is 0 Å². The zero-order chi connectivity index (χ0) is 9.84. The van der Waals surface area contributed by atoms with Gasteiger partial charge in [-0.25, -0.2) is 4.79 Å². The maximum absolute atomic E-state index is 11.2. The molecule has 0 fully saturated rings. The molecule has 0 saturated heterocycles. The van der Waals surface area contributed by atoms with Crippen molar-refractivity contribution < 1.29 is 14.6 Å². The zero-order valence-electron chi connectivity index (χ0n) is 6.58. The van der Waals surface area contributed by atoms with Gasteiger partial charge in [0.2, 0.25) is 0 Å². The van der Waals surface area contributed by atoms with Gasteiger partial charge in [-0.05, 0) is 34.7 Å². The molecule has 0 amide bonds. The maximum atomic E-state index is 11.2. The van der Waals surface area contributed by atoms with Crippen LogP contribution in [-0.4, -0.2) is 27.5 Å². The first-order valence-corrected chi connectivity index (χ1v) is 5.24. The predicted molar refractivity (Wildman–Crippen MR) is 56.9 cm³/mol. The normalized spacial score (nSPS) is 9.69. The van der Waals surface area contributed by atoms with Crippen LogP contribution in [0.1, 0.15) is 10.4 Å². The van der Waals surface area contributed by atoms with E-state index in [1.807, 2.05) is 22.6 Å². The molecule has 13 heavy (non-hydrogen) atoms. The van der Waals surface area contributed by atoms with E-state index in [0.29, 0.717) is 3.57 Å². The highest BCUT2D eigenvalue weighted by atomic mass is 127. The van der Waals surface area contributed by atoms with Crippen LogP contribution in [0, 0.1) is 3.57 Å². The van der Waals surface area contributed by atoms with E-state index >= 15 is 0 Å². The average Bonchev–Trinajstić information content (AvgIpc) is 2.10. The third-order valence-corrected chi connectivity index (χ3v) is 2.42. The van der Waals surface area contributed by atoms with Crippen molar-refractivity contribution in [3.05, 3.63) is 27.3 Å². The largest absolute Gasteiger partial charge is 0.506 e. The Bertz CT molecular complexity index is 327. The molecule has 0 atom stereocenters. The van der Waals surface area contributed by atoms with Crippen molar-refractivity contribution >= 4 is 38.8 Å². The van der Waals surface area contributed by atoms with Gasteiger partial charge in [0.1, 0.15) is 11.3 Å². The summed E-state index contributed by atoms with van der Waals surface area (Å²) < 4.78 is 5.30. The second kappa shape index (κ2) is 4.61. The minimum atomic E-state index is -0.536. The summed E-state index contributed by atoms with van der Waals surface area (Å²) in [6.07, 6.45) is 0.115. The van der Waals surface area contributed by atoms with Crippen LogP contribution in [0.4, 0.5) is 0 Å². The van der Waals surface area contributed by atoms with E-state index in [1.165, 1.54) is 6.07 Å². The van der Waals surface area contributed by atoms with Crippen LogP contribution in [-0.2, 0) is 4.74 Å². The first-order chi connectivity index (χ1) is 6.16. The van der Waals surface area contributed by atoms with Crippen molar-refractivity contribution in [2.24, 2.45) is 0 Å². The molecule has 0 heterocycles. The van der Waals surface area contributed by atoms with Crippen LogP contribution < -0.4 is 0 Å². The lowest BCUT2D eigenvalue weighted by Gasteiger charge is -2.04. The van der Waals surface area contributed by atoms with Gasteiger partial charge in [-0.1, -0.05) is 6.07 Å². The number of phenols is 1. The number of halogens is 1. The number of aromatic hydroxyl groups is 1. The molecule has 1 aromatic carbocycles. The quantitative estimate of drug-likeness (QED) is 0.509. The fourth-order valence-electron chi connectivity index (χ4n) is 0.823. The molecule has 1 aromatic rings. The number of rotatable bonds is 2. The minimum absolute atomic E-state index is 0.0341. The highest BCUT2D eigenvalue weighted by Gasteiger charge is 2.13. The first kappa shape index (κ1) is 10.5. The monoisotopic (exact) mass is 305 g/mol. The summed E-state index contributed by atoms with van der Waals surface area (Å²) in [6.45, 7) is 0. The van der Waals surface area contributed by atoms with E-state index in [9.17, 15) is 9.90 Å². The summed E-state index contributed by atoms with van der Waals surface area (Å²) >= 11 is 1.94. The number of esters is 1. The van der Waals surface area contributed by atoms with Crippen molar-refractivity contribution in [2.75, 3.05) is 6.23 Å². The molecule has 0 aliphatic carbocycles. The molecule has 0 spiro atoms. The molecule has 1 rings (SSSR count). The van der Waals surface area contributed by atoms with E-state index in [0.717, 1.165) is 0 Å². The number of para-hydroxylation sites is 1. The Morgan fingerprint density at radius 3 is 2.92 bits per heavy atom. The topological polar surface area (TPSA) is 46.5 Å². The van der Waals surface area contributed by atoms with Gasteiger partial charge < -0.3 is 9.84 Å². The van der Waals surface area contributed by atoms with Crippen molar-refractivity contribution in [3.8, 4) is 5.75 Å². The third kappa shape index (κ3) is 2.44. The Labute approximate surface area is 92.7 Å². The maximum Gasteiger partial charge on any atom is 0.341 e. The summed E-state index contributed by atoms with van der Waals surface area (Å²) in [5, 5.41) is 9.47. The lowest BCUT2D eigenvalue weighted by molar-refractivity contribution is 0.0570. The van der Waals surface area contributed by atoms with Crippen molar-refractivity contribution in [2.45, 2.75) is 0 Å². The second-order valence-electron chi connectivity index (χ2n) is 2.21. The van der Waals surface area contributed by atoms with Crippen LogP contribution in [0.2, 0.25) is 0 Å². The third-order valence-electron chi connectivity index (χ3n) is 1.41. The molecule has 0 aromatic heterocycles. The Kier molecular flexibility index (Phi) is 3.73. The van der Waals surface area contributed by atoms with Gasteiger partial charge in [-0.15, -0.1) is 0 Å².